The molecule has 5 heteroatoms. The van der Waals surface area contributed by atoms with Crippen molar-refractivity contribution >= 4 is 5.97 Å². The molecule has 0 aliphatic heterocycles. The highest BCUT2D eigenvalue weighted by molar-refractivity contribution is 5.77. The van der Waals surface area contributed by atoms with Gasteiger partial charge in [-0.05, 0) is 56.7 Å². The van der Waals surface area contributed by atoms with E-state index < -0.39 is 11.6 Å². The Morgan fingerprint density at radius 2 is 1.55 bits per heavy atom. The number of carboxylic acid groups (broad SMARTS) is 1. The Morgan fingerprint density at radius 3 is 2.00 bits per heavy atom. The summed E-state index contributed by atoms with van der Waals surface area (Å²) in [6.45, 7) is 6.67. The third-order valence-corrected chi connectivity index (χ3v) is 4.14. The van der Waals surface area contributed by atoms with Gasteiger partial charge in [0.25, 0.3) is 0 Å². The van der Waals surface area contributed by atoms with Crippen LogP contribution < -0.4 is 0 Å². The molecule has 0 aromatic heterocycles. The number of hydrogen-bond donors (Lipinski definition) is 4. The van der Waals surface area contributed by atoms with E-state index in [1.807, 2.05) is 0 Å². The summed E-state index contributed by atoms with van der Waals surface area (Å²) in [5.41, 5.74) is 0.368. The summed E-state index contributed by atoms with van der Waals surface area (Å²) in [6, 6.07) is 0. The van der Waals surface area contributed by atoms with Crippen molar-refractivity contribution < 1.29 is 25.2 Å². The van der Waals surface area contributed by atoms with E-state index in [4.69, 9.17) is 5.11 Å². The number of benzene rings is 1. The highest BCUT2D eigenvalue weighted by Crippen LogP contribution is 2.37. The lowest BCUT2D eigenvalue weighted by molar-refractivity contribution is -0.159. The maximum Gasteiger partial charge on any atom is 0.335 e. The Balaban J connectivity index is 3.15. The van der Waals surface area contributed by atoms with Gasteiger partial charge >= 0.3 is 5.97 Å². The minimum atomic E-state index is -1.81. The fourth-order valence-corrected chi connectivity index (χ4v) is 2.26. The first-order valence-corrected chi connectivity index (χ1v) is 6.62. The largest absolute Gasteiger partial charge is 0.507 e. The molecule has 0 saturated carbocycles. The summed E-state index contributed by atoms with van der Waals surface area (Å²) in [5, 5.41) is 39.2. The van der Waals surface area contributed by atoms with Gasteiger partial charge < -0.3 is 20.4 Å². The van der Waals surface area contributed by atoms with Gasteiger partial charge in [0.15, 0.2) is 5.60 Å². The van der Waals surface area contributed by atoms with Crippen molar-refractivity contribution in [2.75, 3.05) is 0 Å². The van der Waals surface area contributed by atoms with Crippen molar-refractivity contribution in [3.63, 3.8) is 0 Å². The van der Waals surface area contributed by atoms with E-state index in [0.717, 1.165) is 0 Å². The number of hydrogen-bond acceptors (Lipinski definition) is 4. The van der Waals surface area contributed by atoms with E-state index in [1.54, 1.807) is 27.7 Å². The molecule has 5 nitrogen and oxygen atoms in total. The maximum absolute atomic E-state index is 11.1. The van der Waals surface area contributed by atoms with Crippen molar-refractivity contribution in [3.8, 4) is 11.5 Å². The van der Waals surface area contributed by atoms with Gasteiger partial charge in [0.1, 0.15) is 11.5 Å². The zero-order valence-electron chi connectivity index (χ0n) is 12.3. The molecule has 0 radical (unpaired) electrons. The van der Waals surface area contributed by atoms with Crippen LogP contribution in [-0.4, -0.2) is 32.0 Å². The van der Waals surface area contributed by atoms with Crippen molar-refractivity contribution in [1.29, 1.82) is 0 Å². The molecule has 112 valence electrons. The lowest BCUT2D eigenvalue weighted by Gasteiger charge is -2.23. The van der Waals surface area contributed by atoms with Crippen LogP contribution in [0.3, 0.4) is 0 Å². The first kappa shape index (κ1) is 16.3. The number of phenols is 2. The maximum atomic E-state index is 11.1. The van der Waals surface area contributed by atoms with Crippen LogP contribution in [0.2, 0.25) is 0 Å². The number of aromatic hydroxyl groups is 2. The second-order valence-electron chi connectivity index (χ2n) is 5.24. The zero-order valence-corrected chi connectivity index (χ0v) is 12.3. The topological polar surface area (TPSA) is 98.0 Å². The summed E-state index contributed by atoms with van der Waals surface area (Å²) >= 11 is 0. The third-order valence-electron chi connectivity index (χ3n) is 4.14. The van der Waals surface area contributed by atoms with Crippen LogP contribution in [0, 0.1) is 20.8 Å². The molecular weight excluding hydrogens is 260 g/mol. The molecule has 1 aromatic rings. The molecular formula is C15H22O5. The lowest BCUT2D eigenvalue weighted by atomic mass is 9.88. The minimum absolute atomic E-state index is 0.0187. The summed E-state index contributed by atoms with van der Waals surface area (Å²) in [5.74, 6) is -1.11. The van der Waals surface area contributed by atoms with Crippen LogP contribution in [0.25, 0.3) is 0 Å². The highest BCUT2D eigenvalue weighted by atomic mass is 16.4. The van der Waals surface area contributed by atoms with Crippen LogP contribution in [0.4, 0.5) is 0 Å². The van der Waals surface area contributed by atoms with Gasteiger partial charge in [0, 0.05) is 5.56 Å². The molecule has 0 heterocycles. The van der Waals surface area contributed by atoms with Gasteiger partial charge in [-0.25, -0.2) is 4.79 Å². The number of aliphatic carboxylic acids is 1. The van der Waals surface area contributed by atoms with Crippen molar-refractivity contribution in [2.45, 2.75) is 52.6 Å². The van der Waals surface area contributed by atoms with Gasteiger partial charge in [0.05, 0.1) is 0 Å². The Hall–Kier alpha value is -1.75. The number of carboxylic acids is 1. The standard InChI is InChI=1S/C15H22O5/c1-5-15(20,14(18)19)7-6-11-10(4)12(16)8(2)9(3)13(11)17/h16-17,20H,5-7H2,1-4H3,(H,18,19). The van der Waals surface area contributed by atoms with E-state index in [9.17, 15) is 20.1 Å². The molecule has 0 amide bonds. The number of phenolic OH excluding ortho intramolecular Hbond substituents is 2. The lowest BCUT2D eigenvalue weighted by Crippen LogP contribution is -2.38. The van der Waals surface area contributed by atoms with Gasteiger partial charge in [0.2, 0.25) is 0 Å². The molecule has 4 N–H and O–H groups in total. The van der Waals surface area contributed by atoms with Crippen molar-refractivity contribution in [2.24, 2.45) is 0 Å². The third kappa shape index (κ3) is 2.72. The predicted octanol–water partition coefficient (Wildman–Crippen LogP) is 2.18. The molecule has 1 atom stereocenters. The summed E-state index contributed by atoms with van der Waals surface area (Å²) in [7, 11) is 0. The van der Waals surface area contributed by atoms with E-state index in [1.165, 1.54) is 0 Å². The average Bonchev–Trinajstić information content (AvgIpc) is 2.42. The Bertz CT molecular complexity index is 507. The van der Waals surface area contributed by atoms with Gasteiger partial charge in [-0.3, -0.25) is 0 Å². The quantitative estimate of drug-likeness (QED) is 0.620. The highest BCUT2D eigenvalue weighted by Gasteiger charge is 2.34. The number of carbonyl (C=O) groups is 1. The molecule has 0 spiro atoms. The first-order chi connectivity index (χ1) is 9.15. The smallest absolute Gasteiger partial charge is 0.335 e. The molecule has 0 aliphatic rings. The SMILES string of the molecule is CCC(O)(CCc1c(C)c(O)c(C)c(C)c1O)C(=O)O. The van der Waals surface area contributed by atoms with Crippen LogP contribution in [-0.2, 0) is 11.2 Å². The molecule has 20 heavy (non-hydrogen) atoms. The summed E-state index contributed by atoms with van der Waals surface area (Å²) < 4.78 is 0. The number of rotatable bonds is 5. The van der Waals surface area contributed by atoms with E-state index in [2.05, 4.69) is 0 Å². The first-order valence-electron chi connectivity index (χ1n) is 6.62. The van der Waals surface area contributed by atoms with Crippen molar-refractivity contribution in [3.05, 3.63) is 22.3 Å². The Labute approximate surface area is 118 Å². The Kier molecular flexibility index (Phi) is 4.65. The molecule has 1 aromatic carbocycles. The van der Waals surface area contributed by atoms with Crippen molar-refractivity contribution in [1.82, 2.24) is 0 Å². The molecule has 1 unspecified atom stereocenters. The molecule has 1 rings (SSSR count). The summed E-state index contributed by atoms with van der Waals surface area (Å²) in [4.78, 5) is 11.1. The zero-order chi connectivity index (χ0) is 15.7. The summed E-state index contributed by atoms with van der Waals surface area (Å²) in [6.07, 6.45) is 0.247. The van der Waals surface area contributed by atoms with Crippen LogP contribution in [0.15, 0.2) is 0 Å². The van der Waals surface area contributed by atoms with Gasteiger partial charge in [-0.15, -0.1) is 0 Å². The minimum Gasteiger partial charge on any atom is -0.507 e. The fourth-order valence-electron chi connectivity index (χ4n) is 2.26. The van der Waals surface area contributed by atoms with Gasteiger partial charge in [-0.1, -0.05) is 6.92 Å². The second kappa shape index (κ2) is 5.71. The van der Waals surface area contributed by atoms with Crippen LogP contribution in [0.5, 0.6) is 11.5 Å². The van der Waals surface area contributed by atoms with E-state index in [-0.39, 0.29) is 30.8 Å². The van der Waals surface area contributed by atoms with E-state index in [0.29, 0.717) is 22.3 Å². The normalized spacial score (nSPS) is 14.1. The predicted molar refractivity (Wildman–Crippen MR) is 75.2 cm³/mol. The number of aliphatic hydroxyl groups is 1. The molecule has 0 aliphatic carbocycles. The molecule has 0 saturated heterocycles. The monoisotopic (exact) mass is 282 g/mol. The van der Waals surface area contributed by atoms with E-state index >= 15 is 0 Å². The average molecular weight is 282 g/mol. The fraction of sp³-hybridized carbons (Fsp3) is 0.533. The second-order valence-corrected chi connectivity index (χ2v) is 5.24. The van der Waals surface area contributed by atoms with Gasteiger partial charge in [-0.2, -0.15) is 0 Å². The van der Waals surface area contributed by atoms with Crippen LogP contribution >= 0.6 is 0 Å². The molecule has 0 fully saturated rings. The Morgan fingerprint density at radius 1 is 1.05 bits per heavy atom. The molecule has 0 bridgehead atoms. The van der Waals surface area contributed by atoms with Crippen LogP contribution in [0.1, 0.15) is 42.0 Å².